The molecule has 90 valence electrons. The summed E-state index contributed by atoms with van der Waals surface area (Å²) in [5.41, 5.74) is 0.621. The molecule has 17 heavy (non-hydrogen) atoms. The first-order valence-corrected chi connectivity index (χ1v) is 5.26. The van der Waals surface area contributed by atoms with Crippen molar-refractivity contribution in [2.24, 2.45) is 0 Å². The van der Waals surface area contributed by atoms with E-state index in [-0.39, 0.29) is 6.61 Å². The molecular weight excluding hydrogens is 242 g/mol. The number of aliphatic hydroxyl groups excluding tert-OH is 1. The minimum Gasteiger partial charge on any atom is -0.376 e. The maximum absolute atomic E-state index is 11.6. The fourth-order valence-electron chi connectivity index (χ4n) is 1.26. The number of halogens is 1. The van der Waals surface area contributed by atoms with Crippen molar-refractivity contribution in [1.82, 2.24) is 5.32 Å². The number of carbonyl (C=O) groups excluding carboxylic acids is 1. The summed E-state index contributed by atoms with van der Waals surface area (Å²) >= 11 is 5.75. The molecule has 0 bridgehead atoms. The van der Waals surface area contributed by atoms with Crippen LogP contribution in [0.15, 0.2) is 24.3 Å². The Kier molecular flexibility index (Phi) is 5.50. The molecule has 0 aliphatic heterocycles. The third-order valence-electron chi connectivity index (χ3n) is 2.00. The first-order chi connectivity index (χ1) is 8.19. The van der Waals surface area contributed by atoms with Gasteiger partial charge >= 0.3 is 0 Å². The van der Waals surface area contributed by atoms with Gasteiger partial charge in [0.1, 0.15) is 13.3 Å². The van der Waals surface area contributed by atoms with Gasteiger partial charge in [-0.3, -0.25) is 4.79 Å². The molecule has 2 N–H and O–H groups in total. The predicted molar refractivity (Wildman–Crippen MR) is 64.2 cm³/mol. The monoisotopic (exact) mass is 253 g/mol. The van der Waals surface area contributed by atoms with Gasteiger partial charge in [0.05, 0.1) is 0 Å². The number of ether oxygens (including phenoxy) is 1. The van der Waals surface area contributed by atoms with E-state index in [0.717, 1.165) is 0 Å². The molecular formula is C12H12ClNO3. The van der Waals surface area contributed by atoms with Gasteiger partial charge in [0.15, 0.2) is 6.10 Å². The average Bonchev–Trinajstić information content (AvgIpc) is 2.32. The third kappa shape index (κ3) is 4.08. The molecule has 0 radical (unpaired) electrons. The number of hydrogen-bond donors (Lipinski definition) is 2. The molecule has 1 aromatic rings. The molecule has 1 atom stereocenters. The molecule has 5 heteroatoms. The van der Waals surface area contributed by atoms with E-state index < -0.39 is 18.7 Å². The molecule has 1 rings (SSSR count). The zero-order valence-corrected chi connectivity index (χ0v) is 9.78. The van der Waals surface area contributed by atoms with E-state index in [9.17, 15) is 4.79 Å². The minimum absolute atomic E-state index is 0.00609. The summed E-state index contributed by atoms with van der Waals surface area (Å²) in [6.07, 6.45) is 4.22. The summed E-state index contributed by atoms with van der Waals surface area (Å²) < 4.78 is 5.23. The number of hydrogen-bond acceptors (Lipinski definition) is 3. The Labute approximate surface area is 105 Å². The molecule has 4 nitrogen and oxygen atoms in total. The SMILES string of the molecule is C#CCOC(C(=O)NCO)c1ccc(Cl)cc1. The molecule has 1 aromatic carbocycles. The average molecular weight is 254 g/mol. The van der Waals surface area contributed by atoms with Gasteiger partial charge in [-0.05, 0) is 17.7 Å². The summed E-state index contributed by atoms with van der Waals surface area (Å²) in [4.78, 5) is 11.6. The highest BCUT2D eigenvalue weighted by Gasteiger charge is 2.20. The Hall–Kier alpha value is -1.54. The van der Waals surface area contributed by atoms with Crippen LogP contribution >= 0.6 is 11.6 Å². The summed E-state index contributed by atoms with van der Waals surface area (Å²) in [5.74, 6) is 1.83. The highest BCUT2D eigenvalue weighted by molar-refractivity contribution is 6.30. The Balaban J connectivity index is 2.85. The minimum atomic E-state index is -0.851. The quantitative estimate of drug-likeness (QED) is 0.610. The van der Waals surface area contributed by atoms with Crippen molar-refractivity contribution in [3.8, 4) is 12.3 Å². The van der Waals surface area contributed by atoms with Crippen molar-refractivity contribution in [2.75, 3.05) is 13.3 Å². The number of amides is 1. The van der Waals surface area contributed by atoms with Crippen molar-refractivity contribution >= 4 is 17.5 Å². The first kappa shape index (κ1) is 13.5. The van der Waals surface area contributed by atoms with Crippen molar-refractivity contribution in [2.45, 2.75) is 6.10 Å². The molecule has 1 unspecified atom stereocenters. The lowest BCUT2D eigenvalue weighted by molar-refractivity contribution is -0.133. The van der Waals surface area contributed by atoms with Crippen LogP contribution in [-0.2, 0) is 9.53 Å². The summed E-state index contributed by atoms with van der Waals surface area (Å²) in [5, 5.41) is 11.5. The van der Waals surface area contributed by atoms with Gasteiger partial charge < -0.3 is 15.2 Å². The largest absolute Gasteiger partial charge is 0.376 e. The van der Waals surface area contributed by atoms with Crippen LogP contribution in [0.3, 0.4) is 0 Å². The van der Waals surface area contributed by atoms with Gasteiger partial charge in [0.25, 0.3) is 5.91 Å². The van der Waals surface area contributed by atoms with Gasteiger partial charge in [-0.15, -0.1) is 6.42 Å². The zero-order chi connectivity index (χ0) is 12.7. The van der Waals surface area contributed by atoms with E-state index in [1.54, 1.807) is 24.3 Å². The smallest absolute Gasteiger partial charge is 0.255 e. The normalized spacial score (nSPS) is 11.6. The van der Waals surface area contributed by atoms with Gasteiger partial charge in [0, 0.05) is 5.02 Å². The van der Waals surface area contributed by atoms with E-state index in [1.165, 1.54) is 0 Å². The summed E-state index contributed by atoms with van der Waals surface area (Å²) in [7, 11) is 0. The highest BCUT2D eigenvalue weighted by Crippen LogP contribution is 2.19. The van der Waals surface area contributed by atoms with E-state index in [0.29, 0.717) is 10.6 Å². The molecule has 1 amide bonds. The Morgan fingerprint density at radius 2 is 2.18 bits per heavy atom. The summed E-state index contributed by atoms with van der Waals surface area (Å²) in [6.45, 7) is -0.450. The highest BCUT2D eigenvalue weighted by atomic mass is 35.5. The van der Waals surface area contributed by atoms with Crippen LogP contribution in [0.25, 0.3) is 0 Å². The lowest BCUT2D eigenvalue weighted by atomic mass is 10.1. The van der Waals surface area contributed by atoms with E-state index in [2.05, 4.69) is 11.2 Å². The Morgan fingerprint density at radius 3 is 2.71 bits per heavy atom. The maximum Gasteiger partial charge on any atom is 0.255 e. The van der Waals surface area contributed by atoms with Crippen molar-refractivity contribution in [1.29, 1.82) is 0 Å². The third-order valence-corrected chi connectivity index (χ3v) is 2.25. The van der Waals surface area contributed by atoms with Crippen LogP contribution in [-0.4, -0.2) is 24.4 Å². The Morgan fingerprint density at radius 1 is 1.53 bits per heavy atom. The second-order valence-electron chi connectivity index (χ2n) is 3.15. The second kappa shape index (κ2) is 6.92. The molecule has 0 aliphatic carbocycles. The number of terminal acetylenes is 1. The van der Waals surface area contributed by atoms with Gasteiger partial charge in [0.2, 0.25) is 0 Å². The van der Waals surface area contributed by atoms with Crippen molar-refractivity contribution in [3.05, 3.63) is 34.9 Å². The fraction of sp³-hybridized carbons (Fsp3) is 0.250. The van der Waals surface area contributed by atoms with Crippen LogP contribution in [0, 0.1) is 12.3 Å². The molecule has 0 aromatic heterocycles. The molecule has 0 aliphatic rings. The predicted octanol–water partition coefficient (Wildman–Crippen LogP) is 1.10. The van der Waals surface area contributed by atoms with E-state index >= 15 is 0 Å². The number of nitrogens with one attached hydrogen (secondary N) is 1. The summed E-state index contributed by atoms with van der Waals surface area (Å²) in [6, 6.07) is 6.63. The van der Waals surface area contributed by atoms with E-state index in [1.807, 2.05) is 0 Å². The standard InChI is InChI=1S/C12H12ClNO3/c1-2-7-17-11(12(16)14-8-15)9-3-5-10(13)6-4-9/h1,3-6,11,15H,7-8H2,(H,14,16). The Bertz CT molecular complexity index is 411. The topological polar surface area (TPSA) is 58.6 Å². The number of aliphatic hydroxyl groups is 1. The molecule has 0 fully saturated rings. The van der Waals surface area contributed by atoms with Gasteiger partial charge in [-0.2, -0.15) is 0 Å². The van der Waals surface area contributed by atoms with Crippen LogP contribution in [0.5, 0.6) is 0 Å². The molecule has 0 heterocycles. The lowest BCUT2D eigenvalue weighted by Crippen LogP contribution is -2.31. The van der Waals surface area contributed by atoms with Crippen molar-refractivity contribution < 1.29 is 14.6 Å². The van der Waals surface area contributed by atoms with Gasteiger partial charge in [-0.1, -0.05) is 29.7 Å². The zero-order valence-electron chi connectivity index (χ0n) is 9.02. The lowest BCUT2D eigenvalue weighted by Gasteiger charge is -2.16. The van der Waals surface area contributed by atoms with Crippen LogP contribution in [0.1, 0.15) is 11.7 Å². The van der Waals surface area contributed by atoms with E-state index in [4.69, 9.17) is 27.9 Å². The molecule has 0 saturated carbocycles. The number of carbonyl (C=O) groups is 1. The number of benzene rings is 1. The first-order valence-electron chi connectivity index (χ1n) is 4.88. The van der Waals surface area contributed by atoms with Crippen LogP contribution in [0.2, 0.25) is 5.02 Å². The number of rotatable bonds is 5. The second-order valence-corrected chi connectivity index (χ2v) is 3.58. The fourth-order valence-corrected chi connectivity index (χ4v) is 1.39. The van der Waals surface area contributed by atoms with Gasteiger partial charge in [-0.25, -0.2) is 0 Å². The molecule has 0 spiro atoms. The maximum atomic E-state index is 11.6. The van der Waals surface area contributed by atoms with Crippen LogP contribution in [0.4, 0.5) is 0 Å². The molecule has 0 saturated heterocycles. The van der Waals surface area contributed by atoms with Crippen LogP contribution < -0.4 is 5.32 Å². The van der Waals surface area contributed by atoms with Crippen molar-refractivity contribution in [3.63, 3.8) is 0 Å².